The van der Waals surface area contributed by atoms with Crippen LogP contribution in [0.15, 0.2) is 70.5 Å². The Hall–Kier alpha value is -1.52. The first kappa shape index (κ1) is 67.6. The summed E-state index contributed by atoms with van der Waals surface area (Å²) < 4.78 is 69.2. The van der Waals surface area contributed by atoms with E-state index in [9.17, 15) is 25.9 Å². The summed E-state index contributed by atoms with van der Waals surface area (Å²) >= 11 is 0. The van der Waals surface area contributed by atoms with Crippen LogP contribution in [0.1, 0.15) is 281 Å². The zero-order valence-electron chi connectivity index (χ0n) is 47.0. The van der Waals surface area contributed by atoms with Gasteiger partial charge in [0.1, 0.15) is 20.2 Å². The van der Waals surface area contributed by atoms with E-state index in [1.807, 2.05) is 0 Å². The zero-order valence-corrected chi connectivity index (χ0v) is 50.9. The molecular formula is C64H102CaO6S2. The SMILES string of the molecule is CCCCCCCCCCCc1cc2ccc(S(=O)(=O)[O-])cc2cc1CCCCCCCCCCC.CCCCCCCCCCCc1cc2ccc(S(=O)(=O)[O-])cc2cc1CCCCCCCCCCC.[Ca+2]. The number of benzene rings is 4. The average Bonchev–Trinajstić information content (AvgIpc) is 3.36. The van der Waals surface area contributed by atoms with Crippen molar-refractivity contribution in [1.82, 2.24) is 0 Å². The molecule has 0 aliphatic carbocycles. The van der Waals surface area contributed by atoms with Gasteiger partial charge in [-0.2, -0.15) is 0 Å². The third-order valence-corrected chi connectivity index (χ3v) is 16.7. The largest absolute Gasteiger partial charge is 2.00 e. The van der Waals surface area contributed by atoms with Gasteiger partial charge in [-0.15, -0.1) is 0 Å². The van der Waals surface area contributed by atoms with Crippen molar-refractivity contribution in [1.29, 1.82) is 0 Å². The summed E-state index contributed by atoms with van der Waals surface area (Å²) in [6, 6.07) is 18.4. The first-order chi connectivity index (χ1) is 34.9. The fourth-order valence-electron chi connectivity index (χ4n) is 10.5. The van der Waals surface area contributed by atoms with Gasteiger partial charge in [-0.25, -0.2) is 16.8 Å². The van der Waals surface area contributed by atoms with Crippen LogP contribution in [0.5, 0.6) is 0 Å². The number of fused-ring (bicyclic) bond motifs is 2. The van der Waals surface area contributed by atoms with Crippen LogP contribution in [0.3, 0.4) is 0 Å². The number of hydrogen-bond acceptors (Lipinski definition) is 6. The molecule has 0 saturated carbocycles. The molecule has 0 N–H and O–H groups in total. The van der Waals surface area contributed by atoms with Crippen LogP contribution < -0.4 is 0 Å². The van der Waals surface area contributed by atoms with Crippen molar-refractivity contribution in [2.24, 2.45) is 0 Å². The average molecular weight is 1070 g/mol. The molecule has 0 bridgehead atoms. The van der Waals surface area contributed by atoms with Gasteiger partial charge in [-0.3, -0.25) is 0 Å². The van der Waals surface area contributed by atoms with E-state index in [-0.39, 0.29) is 47.5 Å². The Morgan fingerprint density at radius 2 is 0.466 bits per heavy atom. The maximum absolute atomic E-state index is 11.5. The van der Waals surface area contributed by atoms with Gasteiger partial charge in [0, 0.05) is 0 Å². The molecule has 9 heteroatoms. The maximum Gasteiger partial charge on any atom is 2.00 e. The molecule has 408 valence electrons. The third kappa shape index (κ3) is 30.3. The van der Waals surface area contributed by atoms with E-state index in [1.165, 1.54) is 266 Å². The molecule has 0 radical (unpaired) electrons. The van der Waals surface area contributed by atoms with E-state index < -0.39 is 20.2 Å². The monoisotopic (exact) mass is 1070 g/mol. The van der Waals surface area contributed by atoms with Crippen molar-refractivity contribution < 1.29 is 25.9 Å². The van der Waals surface area contributed by atoms with Crippen LogP contribution in [0.4, 0.5) is 0 Å². The second kappa shape index (κ2) is 41.6. The van der Waals surface area contributed by atoms with E-state index in [1.54, 1.807) is 24.3 Å². The minimum Gasteiger partial charge on any atom is -0.744 e. The molecule has 0 aliphatic heterocycles. The predicted molar refractivity (Wildman–Crippen MR) is 313 cm³/mol. The van der Waals surface area contributed by atoms with E-state index in [4.69, 9.17) is 0 Å². The first-order valence-electron chi connectivity index (χ1n) is 29.9. The summed E-state index contributed by atoms with van der Waals surface area (Å²) in [6.45, 7) is 9.05. The van der Waals surface area contributed by atoms with Gasteiger partial charge in [0.25, 0.3) is 0 Å². The first-order valence-corrected chi connectivity index (χ1v) is 32.8. The molecule has 73 heavy (non-hydrogen) atoms. The minimum atomic E-state index is -4.43. The molecule has 0 atom stereocenters. The summed E-state index contributed by atoms with van der Waals surface area (Å²) in [7, 11) is -8.87. The summed E-state index contributed by atoms with van der Waals surface area (Å²) in [5.74, 6) is 0. The van der Waals surface area contributed by atoms with Crippen molar-refractivity contribution in [3.05, 3.63) is 82.9 Å². The van der Waals surface area contributed by atoms with Crippen molar-refractivity contribution in [2.75, 3.05) is 0 Å². The van der Waals surface area contributed by atoms with E-state index in [0.717, 1.165) is 47.2 Å². The molecule has 0 fully saturated rings. The van der Waals surface area contributed by atoms with Gasteiger partial charge in [0.05, 0.1) is 9.79 Å². The number of rotatable bonds is 42. The normalized spacial score (nSPS) is 11.8. The minimum absolute atomic E-state index is 0. The fourth-order valence-corrected chi connectivity index (χ4v) is 11.5. The Balaban J connectivity index is 0.000000493. The quantitative estimate of drug-likeness (QED) is 0.0248. The molecular weight excluding hydrogens is 969 g/mol. The molecule has 0 spiro atoms. The molecule has 0 unspecified atom stereocenters. The molecule has 4 rings (SSSR count). The smallest absolute Gasteiger partial charge is 0.744 e. The summed E-state index contributed by atoms with van der Waals surface area (Å²) in [4.78, 5) is -0.258. The van der Waals surface area contributed by atoms with Crippen LogP contribution in [-0.4, -0.2) is 63.7 Å². The van der Waals surface area contributed by atoms with Gasteiger partial charge in [-0.1, -0.05) is 270 Å². The molecule has 0 amide bonds. The molecule has 0 aliphatic rings. The predicted octanol–water partition coefficient (Wildman–Crippen LogP) is 19.4. The van der Waals surface area contributed by atoms with Crippen molar-refractivity contribution in [3.8, 4) is 0 Å². The topological polar surface area (TPSA) is 114 Å². The van der Waals surface area contributed by atoms with E-state index in [0.29, 0.717) is 0 Å². The van der Waals surface area contributed by atoms with Gasteiger partial charge in [-0.05, 0) is 119 Å². The second-order valence-electron chi connectivity index (χ2n) is 21.5. The van der Waals surface area contributed by atoms with Crippen molar-refractivity contribution >= 4 is 79.5 Å². The zero-order chi connectivity index (χ0) is 52.1. The summed E-state index contributed by atoms with van der Waals surface area (Å²) in [5, 5.41) is 3.80. The molecule has 6 nitrogen and oxygen atoms in total. The molecule has 4 aromatic carbocycles. The van der Waals surface area contributed by atoms with Gasteiger partial charge >= 0.3 is 37.7 Å². The number of aryl methyl sites for hydroxylation is 4. The number of unbranched alkanes of at least 4 members (excludes halogenated alkanes) is 32. The molecule has 0 heterocycles. The molecule has 0 saturated heterocycles. The van der Waals surface area contributed by atoms with Crippen LogP contribution in [0.25, 0.3) is 21.5 Å². The Morgan fingerprint density at radius 3 is 0.671 bits per heavy atom. The summed E-state index contributed by atoms with van der Waals surface area (Å²) in [5.41, 5.74) is 5.49. The van der Waals surface area contributed by atoms with E-state index in [2.05, 4.69) is 52.0 Å². The maximum atomic E-state index is 11.5. The standard InChI is InChI=1S/2C32H52O3S.Ca/c2*1-3-5-7-9-11-13-15-17-19-21-28-25-30-23-24-32(36(33,34)35)27-31(30)26-29(28)22-20-18-16-14-12-10-8-6-4-2;/h2*23-27H,3-22H2,1-2H3,(H,33,34,35);/q;;+2/p-2. The van der Waals surface area contributed by atoms with Crippen LogP contribution in [-0.2, 0) is 45.9 Å². The molecule has 4 aromatic rings. The summed E-state index contributed by atoms with van der Waals surface area (Å²) in [6.07, 6.45) is 51.7. The Bertz CT molecular complexity index is 2100. The molecule has 0 aromatic heterocycles. The van der Waals surface area contributed by atoms with Gasteiger partial charge in [0.2, 0.25) is 0 Å². The van der Waals surface area contributed by atoms with Crippen LogP contribution in [0, 0.1) is 0 Å². The third-order valence-electron chi connectivity index (χ3n) is 15.0. The van der Waals surface area contributed by atoms with Crippen LogP contribution in [0.2, 0.25) is 0 Å². The number of hydrogen-bond donors (Lipinski definition) is 0. The van der Waals surface area contributed by atoms with Crippen LogP contribution >= 0.6 is 0 Å². The van der Waals surface area contributed by atoms with E-state index >= 15 is 0 Å². The van der Waals surface area contributed by atoms with Gasteiger partial charge in [0.15, 0.2) is 0 Å². The Kier molecular flexibility index (Phi) is 38.5. The second-order valence-corrected chi connectivity index (χ2v) is 24.2. The van der Waals surface area contributed by atoms with Crippen molar-refractivity contribution in [2.45, 2.75) is 294 Å². The van der Waals surface area contributed by atoms with Crippen molar-refractivity contribution in [3.63, 3.8) is 0 Å². The Morgan fingerprint density at radius 1 is 0.274 bits per heavy atom. The Labute approximate surface area is 478 Å². The fraction of sp³-hybridized carbons (Fsp3) is 0.688. The van der Waals surface area contributed by atoms with Gasteiger partial charge < -0.3 is 9.11 Å².